The number of nitrogens with two attached hydrogens (primary N) is 1. The lowest BCUT2D eigenvalue weighted by Crippen LogP contribution is -2.29. The molecule has 5 rings (SSSR count). The largest absolute Gasteiger partial charge is 0.387 e. The van der Waals surface area contributed by atoms with Gasteiger partial charge in [0.1, 0.15) is 17.7 Å². The third kappa shape index (κ3) is 3.85. The van der Waals surface area contributed by atoms with Crippen molar-refractivity contribution in [2.45, 2.75) is 44.4 Å². The molecule has 33 heavy (non-hydrogen) atoms. The van der Waals surface area contributed by atoms with Crippen molar-refractivity contribution < 1.29 is 14.9 Å². The van der Waals surface area contributed by atoms with Crippen LogP contribution < -0.4 is 11.1 Å². The maximum atomic E-state index is 10.7. The Kier molecular flexibility index (Phi) is 5.35. The van der Waals surface area contributed by atoms with Gasteiger partial charge in [-0.3, -0.25) is 4.57 Å². The van der Waals surface area contributed by atoms with Crippen molar-refractivity contribution in [1.82, 2.24) is 49.3 Å². The van der Waals surface area contributed by atoms with Crippen LogP contribution >= 0.6 is 0 Å². The smallest absolute Gasteiger partial charge is 0.226 e. The number of anilines is 2. The van der Waals surface area contributed by atoms with Gasteiger partial charge in [0.15, 0.2) is 23.8 Å². The summed E-state index contributed by atoms with van der Waals surface area (Å²) in [6, 6.07) is 0. The van der Waals surface area contributed by atoms with Crippen molar-refractivity contribution >= 4 is 22.9 Å². The van der Waals surface area contributed by atoms with Crippen LogP contribution in [0.25, 0.3) is 11.2 Å². The van der Waals surface area contributed by atoms with Gasteiger partial charge in [-0.15, -0.1) is 10.2 Å². The number of aromatic nitrogens is 10. The highest BCUT2D eigenvalue weighted by molar-refractivity contribution is 5.83. The first kappa shape index (κ1) is 21.2. The van der Waals surface area contributed by atoms with Crippen molar-refractivity contribution in [3.63, 3.8) is 0 Å². The van der Waals surface area contributed by atoms with E-state index in [0.717, 1.165) is 5.69 Å². The number of hydrogen-bond acceptors (Lipinski definition) is 12. The molecule has 0 bridgehead atoms. The van der Waals surface area contributed by atoms with Gasteiger partial charge in [-0.25, -0.2) is 9.97 Å². The SMILES string of the molecule is CCn1nnc([C@H]2O[C@@H](n3cnc4c(N)nc(NCCc5cn(C)cn5)nc43)[C@H](O)[C@@H]2O)n1. The van der Waals surface area contributed by atoms with E-state index in [-0.39, 0.29) is 11.6 Å². The maximum absolute atomic E-state index is 10.7. The number of ether oxygens (including phenoxy) is 1. The molecule has 0 spiro atoms. The molecule has 15 heteroatoms. The number of nitrogen functional groups attached to an aromatic ring is 1. The molecular formula is C18H24N12O3. The predicted molar refractivity (Wildman–Crippen MR) is 114 cm³/mol. The van der Waals surface area contributed by atoms with Gasteiger partial charge >= 0.3 is 0 Å². The summed E-state index contributed by atoms with van der Waals surface area (Å²) in [6.07, 6.45) is 1.29. The summed E-state index contributed by atoms with van der Waals surface area (Å²) < 4.78 is 9.30. The topological polar surface area (TPSA) is 193 Å². The van der Waals surface area contributed by atoms with Crippen molar-refractivity contribution in [2.75, 3.05) is 17.6 Å². The highest BCUT2D eigenvalue weighted by Crippen LogP contribution is 2.38. The van der Waals surface area contributed by atoms with Crippen LogP contribution in [0.1, 0.15) is 30.8 Å². The average Bonchev–Trinajstić information content (AvgIpc) is 3.57. The first-order valence-corrected chi connectivity index (χ1v) is 10.4. The van der Waals surface area contributed by atoms with Gasteiger partial charge < -0.3 is 30.6 Å². The van der Waals surface area contributed by atoms with Crippen LogP contribution in [0.2, 0.25) is 0 Å². The van der Waals surface area contributed by atoms with E-state index in [1.165, 1.54) is 15.7 Å². The minimum absolute atomic E-state index is 0.177. The minimum atomic E-state index is -1.28. The molecule has 4 aromatic rings. The Morgan fingerprint density at radius 2 is 2.03 bits per heavy atom. The number of nitrogens with one attached hydrogen (secondary N) is 1. The molecule has 0 aliphatic carbocycles. The summed E-state index contributed by atoms with van der Waals surface area (Å²) >= 11 is 0. The lowest BCUT2D eigenvalue weighted by molar-refractivity contribution is -0.0384. The fourth-order valence-electron chi connectivity index (χ4n) is 3.71. The average molecular weight is 456 g/mol. The molecule has 0 aromatic carbocycles. The van der Waals surface area contributed by atoms with E-state index in [0.29, 0.717) is 36.6 Å². The Labute approximate surface area is 187 Å². The molecule has 1 fully saturated rings. The molecule has 5 heterocycles. The Hall–Kier alpha value is -3.69. The second kappa shape index (κ2) is 8.34. The Balaban J connectivity index is 1.38. The molecule has 0 unspecified atom stereocenters. The number of tetrazole rings is 1. The van der Waals surface area contributed by atoms with Crippen LogP contribution in [0, 0.1) is 0 Å². The molecule has 4 atom stereocenters. The Morgan fingerprint density at radius 1 is 1.18 bits per heavy atom. The number of rotatable bonds is 7. The number of fused-ring (bicyclic) bond motifs is 1. The first-order valence-electron chi connectivity index (χ1n) is 10.4. The van der Waals surface area contributed by atoms with Crippen molar-refractivity contribution in [2.24, 2.45) is 7.05 Å². The molecule has 0 saturated carbocycles. The molecular weight excluding hydrogens is 432 g/mol. The van der Waals surface area contributed by atoms with E-state index in [9.17, 15) is 10.2 Å². The predicted octanol–water partition coefficient (Wildman–Crippen LogP) is -1.21. The van der Waals surface area contributed by atoms with Crippen molar-refractivity contribution in [1.29, 1.82) is 0 Å². The summed E-state index contributed by atoms with van der Waals surface area (Å²) in [6.45, 7) is 2.91. The number of nitrogens with zero attached hydrogens (tertiary/aromatic N) is 10. The molecule has 5 N–H and O–H groups in total. The molecule has 174 valence electrons. The fraction of sp³-hybridized carbons (Fsp3) is 0.500. The van der Waals surface area contributed by atoms with E-state index in [1.807, 2.05) is 24.7 Å². The van der Waals surface area contributed by atoms with Gasteiger partial charge in [-0.05, 0) is 12.1 Å². The summed E-state index contributed by atoms with van der Waals surface area (Å²) in [5.74, 6) is 0.660. The summed E-state index contributed by atoms with van der Waals surface area (Å²) in [4.78, 5) is 18.7. The number of aliphatic hydroxyl groups excluding tert-OH is 2. The van der Waals surface area contributed by atoms with Crippen LogP contribution in [-0.2, 0) is 24.8 Å². The molecule has 1 aliphatic rings. The zero-order valence-electron chi connectivity index (χ0n) is 18.0. The van der Waals surface area contributed by atoms with Crippen LogP contribution in [0.3, 0.4) is 0 Å². The lowest BCUT2D eigenvalue weighted by Gasteiger charge is -2.16. The number of aliphatic hydroxyl groups is 2. The fourth-order valence-corrected chi connectivity index (χ4v) is 3.71. The second-order valence-corrected chi connectivity index (χ2v) is 7.73. The lowest BCUT2D eigenvalue weighted by atomic mass is 10.1. The molecule has 4 aromatic heterocycles. The monoisotopic (exact) mass is 456 g/mol. The van der Waals surface area contributed by atoms with E-state index in [1.54, 1.807) is 6.33 Å². The van der Waals surface area contributed by atoms with Crippen molar-refractivity contribution in [3.8, 4) is 0 Å². The van der Waals surface area contributed by atoms with Crippen molar-refractivity contribution in [3.05, 3.63) is 30.4 Å². The van der Waals surface area contributed by atoms with E-state index in [4.69, 9.17) is 10.5 Å². The molecule has 15 nitrogen and oxygen atoms in total. The van der Waals surface area contributed by atoms with E-state index in [2.05, 4.69) is 40.7 Å². The van der Waals surface area contributed by atoms with Gasteiger partial charge in [0.25, 0.3) is 0 Å². The highest BCUT2D eigenvalue weighted by Gasteiger charge is 2.47. The van der Waals surface area contributed by atoms with Gasteiger partial charge in [-0.1, -0.05) is 0 Å². The summed E-state index contributed by atoms with van der Waals surface area (Å²) in [5.41, 5.74) is 7.73. The third-order valence-corrected chi connectivity index (χ3v) is 5.39. The number of hydrogen-bond donors (Lipinski definition) is 4. The highest BCUT2D eigenvalue weighted by atomic mass is 16.6. The normalized spacial score (nSPS) is 22.9. The van der Waals surface area contributed by atoms with Crippen LogP contribution in [0.15, 0.2) is 18.9 Å². The zero-order valence-corrected chi connectivity index (χ0v) is 18.0. The number of imidazole rings is 2. The molecule has 1 saturated heterocycles. The third-order valence-electron chi connectivity index (χ3n) is 5.39. The Morgan fingerprint density at radius 3 is 2.76 bits per heavy atom. The molecule has 0 amide bonds. The quantitative estimate of drug-likeness (QED) is 0.260. The maximum Gasteiger partial charge on any atom is 0.226 e. The molecule has 1 aliphatic heterocycles. The van der Waals surface area contributed by atoms with Crippen LogP contribution in [0.4, 0.5) is 11.8 Å². The van der Waals surface area contributed by atoms with Gasteiger partial charge in [0.2, 0.25) is 11.8 Å². The second-order valence-electron chi connectivity index (χ2n) is 7.73. The van der Waals surface area contributed by atoms with Gasteiger partial charge in [-0.2, -0.15) is 14.8 Å². The van der Waals surface area contributed by atoms with Crippen LogP contribution in [-0.4, -0.2) is 78.2 Å². The first-order chi connectivity index (χ1) is 15.9. The summed E-state index contributed by atoms with van der Waals surface area (Å²) in [7, 11) is 1.91. The Bertz CT molecular complexity index is 1270. The standard InChI is InChI=1S/C18H24N12O3/c1-3-30-26-15(25-27-30)13-11(31)12(32)17(33-13)29-8-22-10-14(19)23-18(24-16(10)29)20-5-4-9-6-28(2)7-21-9/h6-8,11-13,17,31-32H,3-5H2,1-2H3,(H3,19,20,23,24)/t11-,12+,13-,17+/m0/s1. The van der Waals surface area contributed by atoms with E-state index >= 15 is 0 Å². The minimum Gasteiger partial charge on any atom is -0.387 e. The van der Waals surface area contributed by atoms with E-state index < -0.39 is 24.5 Å². The number of aryl methyl sites for hydroxylation is 2. The van der Waals surface area contributed by atoms with Crippen LogP contribution in [0.5, 0.6) is 0 Å². The zero-order chi connectivity index (χ0) is 23.1. The molecule has 0 radical (unpaired) electrons. The summed E-state index contributed by atoms with van der Waals surface area (Å²) in [5, 5.41) is 36.4. The van der Waals surface area contributed by atoms with Gasteiger partial charge in [0.05, 0.1) is 24.9 Å². The van der Waals surface area contributed by atoms with Gasteiger partial charge in [0, 0.05) is 26.2 Å².